The van der Waals surface area contributed by atoms with Crippen molar-refractivity contribution >= 4 is 5.97 Å². The van der Waals surface area contributed by atoms with Gasteiger partial charge in [0.25, 0.3) is 6.29 Å². The summed E-state index contributed by atoms with van der Waals surface area (Å²) in [4.78, 5) is 11.2. The van der Waals surface area contributed by atoms with Crippen molar-refractivity contribution < 1.29 is 24.1 Å². The normalized spacial score (nSPS) is 12.5. The molecule has 1 unspecified atom stereocenters. The van der Waals surface area contributed by atoms with E-state index in [1.165, 1.54) is 0 Å². The minimum Gasteiger partial charge on any atom is -0.462 e. The van der Waals surface area contributed by atoms with Crippen molar-refractivity contribution in [2.75, 3.05) is 26.4 Å². The first-order valence-electron chi connectivity index (χ1n) is 4.76. The van der Waals surface area contributed by atoms with Gasteiger partial charge in [-0.05, 0) is 13.3 Å². The predicted molar refractivity (Wildman–Crippen MR) is 49.7 cm³/mol. The topological polar surface area (TPSA) is 65.0 Å². The van der Waals surface area contributed by atoms with E-state index in [9.17, 15) is 4.79 Å². The van der Waals surface area contributed by atoms with Crippen molar-refractivity contribution in [3.05, 3.63) is 0 Å². The molecule has 1 atom stereocenters. The molecule has 0 amide bonds. The van der Waals surface area contributed by atoms with Gasteiger partial charge in [0.05, 0.1) is 26.4 Å². The van der Waals surface area contributed by atoms with Gasteiger partial charge in [0.2, 0.25) is 0 Å². The monoisotopic (exact) mass is 206 g/mol. The Labute approximate surface area is 84.0 Å². The van der Waals surface area contributed by atoms with Crippen molar-refractivity contribution in [2.24, 2.45) is 0 Å². The van der Waals surface area contributed by atoms with Crippen LogP contribution in [0.25, 0.3) is 0 Å². The molecule has 14 heavy (non-hydrogen) atoms. The van der Waals surface area contributed by atoms with Crippen molar-refractivity contribution in [3.8, 4) is 0 Å². The number of aliphatic hydroxyl groups excluding tert-OH is 1. The van der Waals surface area contributed by atoms with Crippen molar-refractivity contribution in [2.45, 2.75) is 26.6 Å². The molecule has 84 valence electrons. The molecule has 0 aliphatic heterocycles. The zero-order valence-electron chi connectivity index (χ0n) is 8.69. The first kappa shape index (κ1) is 13.4. The molecule has 0 aliphatic rings. The first-order valence-corrected chi connectivity index (χ1v) is 4.76. The SMILES string of the molecule is CCCOC(OCCO)C(=O)OCC. The number of carbonyl (C=O) groups excluding carboxylic acids is 1. The van der Waals surface area contributed by atoms with Crippen LogP contribution in [0.5, 0.6) is 0 Å². The number of ether oxygens (including phenoxy) is 3. The van der Waals surface area contributed by atoms with Crippen LogP contribution in [0.4, 0.5) is 0 Å². The Morgan fingerprint density at radius 2 is 1.93 bits per heavy atom. The fraction of sp³-hybridized carbons (Fsp3) is 0.889. The Bertz CT molecular complexity index is 140. The van der Waals surface area contributed by atoms with Gasteiger partial charge in [0.15, 0.2) is 0 Å². The average Bonchev–Trinajstić information content (AvgIpc) is 2.18. The van der Waals surface area contributed by atoms with Crippen LogP contribution in [0.2, 0.25) is 0 Å². The molecule has 0 radical (unpaired) electrons. The average molecular weight is 206 g/mol. The highest BCUT2D eigenvalue weighted by Gasteiger charge is 2.20. The molecule has 0 saturated heterocycles. The summed E-state index contributed by atoms with van der Waals surface area (Å²) in [6.07, 6.45) is -0.222. The molecule has 0 aromatic heterocycles. The van der Waals surface area contributed by atoms with Crippen LogP contribution >= 0.6 is 0 Å². The molecule has 0 fully saturated rings. The number of hydrogen-bond donors (Lipinski definition) is 1. The minimum atomic E-state index is -1.01. The molecule has 0 heterocycles. The molecule has 0 rings (SSSR count). The zero-order chi connectivity index (χ0) is 10.8. The summed E-state index contributed by atoms with van der Waals surface area (Å²) in [5.41, 5.74) is 0. The maximum Gasteiger partial charge on any atom is 0.363 e. The summed E-state index contributed by atoms with van der Waals surface area (Å²) >= 11 is 0. The lowest BCUT2D eigenvalue weighted by molar-refractivity contribution is -0.196. The largest absolute Gasteiger partial charge is 0.462 e. The van der Waals surface area contributed by atoms with Gasteiger partial charge < -0.3 is 19.3 Å². The third-order valence-corrected chi connectivity index (χ3v) is 1.31. The number of esters is 1. The molecular weight excluding hydrogens is 188 g/mol. The Morgan fingerprint density at radius 3 is 2.43 bits per heavy atom. The minimum absolute atomic E-state index is 0.0627. The number of hydrogen-bond acceptors (Lipinski definition) is 5. The van der Waals surface area contributed by atoms with Gasteiger partial charge in [-0.2, -0.15) is 0 Å². The maximum atomic E-state index is 11.2. The second-order valence-electron chi connectivity index (χ2n) is 2.55. The van der Waals surface area contributed by atoms with Gasteiger partial charge in [0, 0.05) is 0 Å². The highest BCUT2D eigenvalue weighted by molar-refractivity contribution is 5.73. The molecule has 5 heteroatoms. The van der Waals surface area contributed by atoms with Crippen LogP contribution in [-0.4, -0.2) is 43.8 Å². The highest BCUT2D eigenvalue weighted by Crippen LogP contribution is 1.99. The second kappa shape index (κ2) is 8.93. The molecule has 5 nitrogen and oxygen atoms in total. The predicted octanol–water partition coefficient (Wildman–Crippen LogP) is 0.311. The zero-order valence-corrected chi connectivity index (χ0v) is 8.69. The van der Waals surface area contributed by atoms with Crippen molar-refractivity contribution in [3.63, 3.8) is 0 Å². The van der Waals surface area contributed by atoms with E-state index < -0.39 is 12.3 Å². The lowest BCUT2D eigenvalue weighted by Crippen LogP contribution is -2.30. The van der Waals surface area contributed by atoms with E-state index in [0.717, 1.165) is 6.42 Å². The first-order chi connectivity index (χ1) is 6.76. The van der Waals surface area contributed by atoms with E-state index in [1.54, 1.807) is 6.92 Å². The van der Waals surface area contributed by atoms with E-state index in [2.05, 4.69) is 0 Å². The third-order valence-electron chi connectivity index (χ3n) is 1.31. The number of aliphatic hydroxyl groups is 1. The Morgan fingerprint density at radius 1 is 1.29 bits per heavy atom. The van der Waals surface area contributed by atoms with Crippen LogP contribution in [0.15, 0.2) is 0 Å². The summed E-state index contributed by atoms with van der Waals surface area (Å²) in [5.74, 6) is -0.547. The third kappa shape index (κ3) is 5.90. The highest BCUT2D eigenvalue weighted by atomic mass is 16.7. The lowest BCUT2D eigenvalue weighted by Gasteiger charge is -2.15. The van der Waals surface area contributed by atoms with Crippen LogP contribution < -0.4 is 0 Å². The molecule has 0 spiro atoms. The summed E-state index contributed by atoms with van der Waals surface area (Å²) in [6.45, 7) is 4.26. The fourth-order valence-electron chi connectivity index (χ4n) is 0.779. The number of rotatable bonds is 8. The standard InChI is InChI=1S/C9H18O5/c1-3-6-13-9(14-7-5-10)8(11)12-4-2/h9-10H,3-7H2,1-2H3. The quantitative estimate of drug-likeness (QED) is 0.457. The Balaban J connectivity index is 3.88. The van der Waals surface area contributed by atoms with Crippen LogP contribution in [0, 0.1) is 0 Å². The number of carbonyl (C=O) groups is 1. The second-order valence-corrected chi connectivity index (χ2v) is 2.55. The van der Waals surface area contributed by atoms with Gasteiger partial charge in [-0.25, -0.2) is 4.79 Å². The molecule has 0 aromatic rings. The van der Waals surface area contributed by atoms with Crippen LogP contribution in [-0.2, 0) is 19.0 Å². The van der Waals surface area contributed by atoms with E-state index in [1.807, 2.05) is 6.92 Å². The van der Waals surface area contributed by atoms with Crippen LogP contribution in [0.1, 0.15) is 20.3 Å². The fourth-order valence-corrected chi connectivity index (χ4v) is 0.779. The smallest absolute Gasteiger partial charge is 0.363 e. The van der Waals surface area contributed by atoms with E-state index in [-0.39, 0.29) is 19.8 Å². The van der Waals surface area contributed by atoms with Crippen LogP contribution in [0.3, 0.4) is 0 Å². The molecule has 1 N–H and O–H groups in total. The summed E-state index contributed by atoms with van der Waals surface area (Å²) in [6, 6.07) is 0. The molecule has 0 saturated carbocycles. The van der Waals surface area contributed by atoms with Gasteiger partial charge in [0.1, 0.15) is 0 Å². The van der Waals surface area contributed by atoms with E-state index >= 15 is 0 Å². The molecule has 0 bridgehead atoms. The maximum absolute atomic E-state index is 11.2. The van der Waals surface area contributed by atoms with Crippen molar-refractivity contribution in [1.82, 2.24) is 0 Å². The summed E-state index contributed by atoms with van der Waals surface area (Å²) < 4.78 is 14.8. The van der Waals surface area contributed by atoms with Gasteiger partial charge in [-0.1, -0.05) is 6.92 Å². The molecular formula is C9H18O5. The summed E-state index contributed by atoms with van der Waals surface area (Å²) in [7, 11) is 0. The Hall–Kier alpha value is -0.650. The van der Waals surface area contributed by atoms with Gasteiger partial charge >= 0.3 is 5.97 Å². The van der Waals surface area contributed by atoms with Crippen molar-refractivity contribution in [1.29, 1.82) is 0 Å². The Kier molecular flexibility index (Phi) is 8.51. The van der Waals surface area contributed by atoms with Gasteiger partial charge in [-0.3, -0.25) is 0 Å². The molecule has 0 aliphatic carbocycles. The summed E-state index contributed by atoms with van der Waals surface area (Å²) in [5, 5.41) is 8.52. The van der Waals surface area contributed by atoms with E-state index in [4.69, 9.17) is 19.3 Å². The molecule has 0 aromatic carbocycles. The lowest BCUT2D eigenvalue weighted by atomic mass is 10.5. The van der Waals surface area contributed by atoms with Gasteiger partial charge in [-0.15, -0.1) is 0 Å². The van der Waals surface area contributed by atoms with E-state index in [0.29, 0.717) is 6.61 Å².